The van der Waals surface area contributed by atoms with Gasteiger partial charge in [0.25, 0.3) is 0 Å². The summed E-state index contributed by atoms with van der Waals surface area (Å²) in [6.07, 6.45) is -8.96. The van der Waals surface area contributed by atoms with Gasteiger partial charge in [-0.15, -0.1) is 11.8 Å². The summed E-state index contributed by atoms with van der Waals surface area (Å²) in [5.41, 5.74) is -0.463. The van der Waals surface area contributed by atoms with Gasteiger partial charge in [0.15, 0.2) is 0 Å². The Morgan fingerprint density at radius 3 is 2.41 bits per heavy atom. The van der Waals surface area contributed by atoms with E-state index < -0.39 is 35.6 Å². The van der Waals surface area contributed by atoms with E-state index in [9.17, 15) is 31.1 Å². The van der Waals surface area contributed by atoms with E-state index in [4.69, 9.17) is 0 Å². The smallest absolute Gasteiger partial charge is 0.346 e. The maximum Gasteiger partial charge on any atom is 0.416 e. The number of benzene rings is 1. The molecule has 0 aliphatic heterocycles. The van der Waals surface area contributed by atoms with Gasteiger partial charge in [0.05, 0.1) is 10.8 Å². The van der Waals surface area contributed by atoms with Crippen LogP contribution in [0.25, 0.3) is 0 Å². The molecular weight excluding hydrogens is 332 g/mol. The minimum Gasteiger partial charge on any atom is -0.346 e. The molecule has 0 aliphatic rings. The SMILES string of the molecule is CC(SCc1cccc(C(F)(F)F)c1)C(=O)NCC(F)(F)F. The second kappa shape index (κ2) is 7.26. The first-order valence-electron chi connectivity index (χ1n) is 6.11. The van der Waals surface area contributed by atoms with Crippen LogP contribution in [0.3, 0.4) is 0 Å². The number of alkyl halides is 6. The molecule has 1 rings (SSSR count). The summed E-state index contributed by atoms with van der Waals surface area (Å²) in [7, 11) is 0. The lowest BCUT2D eigenvalue weighted by Crippen LogP contribution is -2.38. The van der Waals surface area contributed by atoms with Crippen molar-refractivity contribution in [2.45, 2.75) is 30.3 Å². The molecule has 0 radical (unpaired) electrons. The Balaban J connectivity index is 2.54. The molecule has 2 nitrogen and oxygen atoms in total. The first kappa shape index (κ1) is 18.7. The van der Waals surface area contributed by atoms with Gasteiger partial charge < -0.3 is 5.32 Å². The maximum absolute atomic E-state index is 12.5. The highest BCUT2D eigenvalue weighted by molar-refractivity contribution is 7.99. The van der Waals surface area contributed by atoms with Gasteiger partial charge in [-0.2, -0.15) is 26.3 Å². The normalized spacial score (nSPS) is 13.8. The van der Waals surface area contributed by atoms with Crippen LogP contribution in [0, 0.1) is 0 Å². The molecule has 124 valence electrons. The lowest BCUT2D eigenvalue weighted by atomic mass is 10.1. The van der Waals surface area contributed by atoms with Crippen molar-refractivity contribution in [2.75, 3.05) is 6.54 Å². The van der Waals surface area contributed by atoms with E-state index in [0.29, 0.717) is 5.56 Å². The van der Waals surface area contributed by atoms with Gasteiger partial charge in [-0.05, 0) is 18.6 Å². The second-order valence-electron chi connectivity index (χ2n) is 4.48. The molecule has 0 saturated carbocycles. The van der Waals surface area contributed by atoms with Crippen LogP contribution in [0.1, 0.15) is 18.1 Å². The molecule has 1 atom stereocenters. The monoisotopic (exact) mass is 345 g/mol. The quantitative estimate of drug-likeness (QED) is 0.817. The number of carbonyl (C=O) groups is 1. The Morgan fingerprint density at radius 2 is 1.86 bits per heavy atom. The first-order valence-corrected chi connectivity index (χ1v) is 7.16. The third-order valence-corrected chi connectivity index (χ3v) is 3.80. The van der Waals surface area contributed by atoms with E-state index in [-0.39, 0.29) is 5.75 Å². The molecule has 0 bridgehead atoms. The highest BCUT2D eigenvalue weighted by Crippen LogP contribution is 2.30. The van der Waals surface area contributed by atoms with E-state index in [1.807, 2.05) is 0 Å². The Labute approximate surface area is 127 Å². The van der Waals surface area contributed by atoms with Crippen molar-refractivity contribution in [1.29, 1.82) is 0 Å². The second-order valence-corrected chi connectivity index (χ2v) is 5.81. The van der Waals surface area contributed by atoms with Crippen molar-refractivity contribution < 1.29 is 31.1 Å². The number of halogens is 6. The fourth-order valence-electron chi connectivity index (χ4n) is 1.47. The number of carbonyl (C=O) groups excluding carboxylic acids is 1. The molecular formula is C13H13F6NOS. The van der Waals surface area contributed by atoms with Gasteiger partial charge in [-0.3, -0.25) is 4.79 Å². The number of rotatable bonds is 5. The summed E-state index contributed by atoms with van der Waals surface area (Å²) in [5.74, 6) is -0.723. The predicted molar refractivity (Wildman–Crippen MR) is 71.3 cm³/mol. The highest BCUT2D eigenvalue weighted by Gasteiger charge is 2.31. The fraction of sp³-hybridized carbons (Fsp3) is 0.462. The number of hydrogen-bond acceptors (Lipinski definition) is 2. The Hall–Kier alpha value is -1.38. The van der Waals surface area contributed by atoms with Crippen molar-refractivity contribution in [3.05, 3.63) is 35.4 Å². The van der Waals surface area contributed by atoms with Crippen molar-refractivity contribution in [1.82, 2.24) is 5.32 Å². The van der Waals surface area contributed by atoms with Crippen LogP contribution in [-0.4, -0.2) is 23.9 Å². The fourth-order valence-corrected chi connectivity index (χ4v) is 2.32. The van der Waals surface area contributed by atoms with Crippen LogP contribution in [0.4, 0.5) is 26.3 Å². The van der Waals surface area contributed by atoms with E-state index in [2.05, 4.69) is 0 Å². The van der Waals surface area contributed by atoms with Gasteiger partial charge >= 0.3 is 12.4 Å². The topological polar surface area (TPSA) is 29.1 Å². The average Bonchev–Trinajstić information content (AvgIpc) is 2.40. The van der Waals surface area contributed by atoms with Crippen LogP contribution in [-0.2, 0) is 16.7 Å². The summed E-state index contributed by atoms with van der Waals surface area (Å²) in [5, 5.41) is 0.921. The molecule has 0 spiro atoms. The molecule has 1 amide bonds. The Kier molecular flexibility index (Phi) is 6.16. The van der Waals surface area contributed by atoms with E-state index in [1.54, 1.807) is 5.32 Å². The number of amides is 1. The van der Waals surface area contributed by atoms with Gasteiger partial charge in [-0.1, -0.05) is 18.2 Å². The van der Waals surface area contributed by atoms with Crippen LogP contribution in [0.5, 0.6) is 0 Å². The van der Waals surface area contributed by atoms with Crippen molar-refractivity contribution >= 4 is 17.7 Å². The average molecular weight is 345 g/mol. The standard InChI is InChI=1S/C13H13F6NOS/c1-8(11(21)20-7-12(14,15)16)22-6-9-3-2-4-10(5-9)13(17,18)19/h2-5,8H,6-7H2,1H3,(H,20,21). The molecule has 1 N–H and O–H groups in total. The third kappa shape index (κ3) is 6.59. The summed E-state index contributed by atoms with van der Waals surface area (Å²) in [6, 6.07) is 4.58. The number of hydrogen-bond donors (Lipinski definition) is 1. The van der Waals surface area contributed by atoms with Gasteiger partial charge in [-0.25, -0.2) is 0 Å². The molecule has 22 heavy (non-hydrogen) atoms. The predicted octanol–water partition coefficient (Wildman–Crippen LogP) is 4.01. The third-order valence-electron chi connectivity index (χ3n) is 2.59. The molecule has 9 heteroatoms. The maximum atomic E-state index is 12.5. The lowest BCUT2D eigenvalue weighted by molar-refractivity contribution is -0.137. The molecule has 0 fully saturated rings. The summed E-state index contributed by atoms with van der Waals surface area (Å²) in [6.45, 7) is -0.0374. The molecule has 1 aromatic carbocycles. The van der Waals surface area contributed by atoms with Crippen molar-refractivity contribution in [3.63, 3.8) is 0 Å². The van der Waals surface area contributed by atoms with Crippen LogP contribution >= 0.6 is 11.8 Å². The van der Waals surface area contributed by atoms with Crippen molar-refractivity contribution in [2.24, 2.45) is 0 Å². The van der Waals surface area contributed by atoms with Crippen LogP contribution in [0.15, 0.2) is 24.3 Å². The summed E-state index contributed by atoms with van der Waals surface area (Å²) < 4.78 is 73.5. The van der Waals surface area contributed by atoms with E-state index in [1.165, 1.54) is 19.1 Å². The van der Waals surface area contributed by atoms with Crippen LogP contribution in [0.2, 0.25) is 0 Å². The molecule has 0 aliphatic carbocycles. The van der Waals surface area contributed by atoms with Crippen LogP contribution < -0.4 is 5.32 Å². The molecule has 1 unspecified atom stereocenters. The summed E-state index contributed by atoms with van der Waals surface area (Å²) in [4.78, 5) is 11.4. The zero-order chi connectivity index (χ0) is 17.0. The lowest BCUT2D eigenvalue weighted by Gasteiger charge is -2.14. The van der Waals surface area contributed by atoms with Gasteiger partial charge in [0.1, 0.15) is 6.54 Å². The molecule has 0 aromatic heterocycles. The minimum absolute atomic E-state index is 0.0878. The summed E-state index contributed by atoms with van der Waals surface area (Å²) >= 11 is 0.961. The number of thioether (sulfide) groups is 1. The molecule has 0 heterocycles. The Bertz CT molecular complexity index is 514. The zero-order valence-electron chi connectivity index (χ0n) is 11.4. The van der Waals surface area contributed by atoms with E-state index in [0.717, 1.165) is 23.9 Å². The zero-order valence-corrected chi connectivity index (χ0v) is 12.2. The Morgan fingerprint density at radius 1 is 1.23 bits per heavy atom. The largest absolute Gasteiger partial charge is 0.416 e. The van der Waals surface area contributed by atoms with Gasteiger partial charge in [0.2, 0.25) is 5.91 Å². The van der Waals surface area contributed by atoms with E-state index >= 15 is 0 Å². The van der Waals surface area contributed by atoms with Gasteiger partial charge in [0, 0.05) is 5.75 Å². The number of nitrogens with one attached hydrogen (secondary N) is 1. The molecule has 0 saturated heterocycles. The minimum atomic E-state index is -4.50. The first-order chi connectivity index (χ1) is 9.99. The highest BCUT2D eigenvalue weighted by atomic mass is 32.2. The molecule has 1 aromatic rings. The van der Waals surface area contributed by atoms with Crippen molar-refractivity contribution in [3.8, 4) is 0 Å².